The molecule has 7 rings (SSSR count). The highest BCUT2D eigenvalue weighted by molar-refractivity contribution is 7.99. The number of carbonyl (C=O) groups excluding carboxylic acids is 2. The van der Waals surface area contributed by atoms with Gasteiger partial charge in [0.2, 0.25) is 6.79 Å². The summed E-state index contributed by atoms with van der Waals surface area (Å²) in [5, 5.41) is 22.2. The van der Waals surface area contributed by atoms with E-state index in [0.29, 0.717) is 46.3 Å². The van der Waals surface area contributed by atoms with E-state index < -0.39 is 18.1 Å². The van der Waals surface area contributed by atoms with Crippen LogP contribution in [0, 0.1) is 31.1 Å². The number of aryl methyl sites for hydroxylation is 1. The van der Waals surface area contributed by atoms with E-state index >= 15 is 0 Å². The minimum absolute atomic E-state index is 0.00697. The number of carbonyl (C=O) groups is 2. The molecular weight excluding hydrogens is 586 g/mol. The Morgan fingerprint density at radius 3 is 2.61 bits per heavy atom. The molecule has 0 aromatic heterocycles. The molecule has 0 aliphatic carbocycles. The Morgan fingerprint density at radius 1 is 1.16 bits per heavy atom. The van der Waals surface area contributed by atoms with Gasteiger partial charge in [-0.15, -0.1) is 0 Å². The van der Waals surface area contributed by atoms with Gasteiger partial charge in [0, 0.05) is 47.0 Å². The normalized spacial score (nSPS) is 30.4. The highest BCUT2D eigenvalue weighted by Crippen LogP contribution is 2.64. The molecule has 232 valence electrons. The third-order valence-electron chi connectivity index (χ3n) is 9.86. The number of methoxy groups -OCH3 is 1. The van der Waals surface area contributed by atoms with Gasteiger partial charge in [0.1, 0.15) is 18.4 Å². The molecule has 12 heteroatoms. The second kappa shape index (κ2) is 10.5. The number of hydrogen-bond donors (Lipinski definition) is 1. The quantitative estimate of drug-likeness (QED) is 0.386. The lowest BCUT2D eigenvalue weighted by molar-refractivity contribution is -0.153. The van der Waals surface area contributed by atoms with Gasteiger partial charge >= 0.3 is 11.9 Å². The maximum absolute atomic E-state index is 13.1. The highest BCUT2D eigenvalue weighted by Gasteiger charge is 2.60. The van der Waals surface area contributed by atoms with E-state index in [-0.39, 0.29) is 54.4 Å². The zero-order valence-electron chi connectivity index (χ0n) is 25.5. The Kier molecular flexibility index (Phi) is 6.91. The van der Waals surface area contributed by atoms with Crippen LogP contribution >= 0.6 is 11.8 Å². The van der Waals surface area contributed by atoms with Crippen molar-refractivity contribution in [1.29, 1.82) is 5.26 Å². The summed E-state index contributed by atoms with van der Waals surface area (Å²) in [5.74, 6) is 1.17. The van der Waals surface area contributed by atoms with Crippen molar-refractivity contribution >= 4 is 23.7 Å². The number of ether oxygens (including phenoxy) is 5. The van der Waals surface area contributed by atoms with E-state index in [1.54, 1.807) is 18.9 Å². The van der Waals surface area contributed by atoms with Crippen LogP contribution in [0.5, 0.6) is 28.7 Å². The first-order valence-electron chi connectivity index (χ1n) is 14.8. The molecule has 2 aromatic rings. The lowest BCUT2D eigenvalue weighted by Crippen LogP contribution is -2.69. The Bertz CT molecular complexity index is 1640. The minimum Gasteiger partial charge on any atom is -0.504 e. The van der Waals surface area contributed by atoms with E-state index in [2.05, 4.69) is 21.9 Å². The number of aromatic hydroxyl groups is 1. The zero-order valence-corrected chi connectivity index (χ0v) is 26.3. The summed E-state index contributed by atoms with van der Waals surface area (Å²) in [6.07, 6.45) is 0.542. The van der Waals surface area contributed by atoms with Crippen LogP contribution in [-0.2, 0) is 20.7 Å². The second-order valence-electron chi connectivity index (χ2n) is 12.3. The van der Waals surface area contributed by atoms with E-state index in [0.717, 1.165) is 22.3 Å². The van der Waals surface area contributed by atoms with Crippen LogP contribution in [0.4, 0.5) is 0 Å². The number of benzene rings is 2. The van der Waals surface area contributed by atoms with Crippen molar-refractivity contribution in [3.05, 3.63) is 39.4 Å². The van der Waals surface area contributed by atoms with E-state index in [4.69, 9.17) is 23.7 Å². The van der Waals surface area contributed by atoms with Crippen LogP contribution in [0.3, 0.4) is 0 Å². The van der Waals surface area contributed by atoms with Gasteiger partial charge in [-0.05, 0) is 38.4 Å². The number of esters is 2. The highest BCUT2D eigenvalue weighted by atomic mass is 32.2. The predicted octanol–water partition coefficient (Wildman–Crippen LogP) is 3.87. The summed E-state index contributed by atoms with van der Waals surface area (Å²) in [6.45, 7) is 6.93. The monoisotopic (exact) mass is 621 g/mol. The smallest absolute Gasteiger partial charge is 0.309 e. The average Bonchev–Trinajstić information content (AvgIpc) is 3.47. The van der Waals surface area contributed by atoms with Crippen molar-refractivity contribution in [1.82, 2.24) is 9.80 Å². The van der Waals surface area contributed by atoms with Gasteiger partial charge in [0.05, 0.1) is 36.4 Å². The molecule has 2 saturated heterocycles. The standard InChI is InChI=1S/C32H35N3O8S/c1-13-7-17-8-18-19(9-33)35-20-10-40-32(38)14(2)11-44-31(25(35)24(34(18)5)21(17)26(37)27(13)39-6)23-22(20)30-29(41-12-42-30)15(3)28(23)43-16(4)36/h7,14,18-20,24-25,31,37H,8,10-12H2,1-6H3/t14?,18-,19+,20+,24-,25?,31-/m1/s1. The molecule has 2 aromatic carbocycles. The van der Waals surface area contributed by atoms with Crippen molar-refractivity contribution in [3.63, 3.8) is 0 Å². The van der Waals surface area contributed by atoms with Crippen molar-refractivity contribution < 1.29 is 38.4 Å². The molecule has 1 N–H and O–H groups in total. The number of piperazine rings is 1. The SMILES string of the molecule is COc1c(C)cc2c(c1O)[C@@H]1C3[C@@H]4SCC(C)C(=O)OC[C@@H](c5c6c(c(C)c(OC(C)=O)c54)OCO6)N3[C@@H](C#N)[C@@H](C2)N1C. The Labute approximate surface area is 259 Å². The molecule has 4 bridgehead atoms. The molecule has 0 amide bonds. The molecule has 2 unspecified atom stereocenters. The first-order valence-corrected chi connectivity index (χ1v) is 15.8. The summed E-state index contributed by atoms with van der Waals surface area (Å²) in [5.41, 5.74) is 4.70. The number of cyclic esters (lactones) is 1. The van der Waals surface area contributed by atoms with Crippen molar-refractivity contribution in [2.24, 2.45) is 5.92 Å². The molecule has 5 aliphatic heterocycles. The molecule has 7 atom stereocenters. The Balaban J connectivity index is 1.56. The lowest BCUT2D eigenvalue weighted by atomic mass is 9.71. The first kappa shape index (κ1) is 29.1. The van der Waals surface area contributed by atoms with Gasteiger partial charge in [-0.1, -0.05) is 13.0 Å². The van der Waals surface area contributed by atoms with E-state index in [1.807, 2.05) is 27.8 Å². The third kappa shape index (κ3) is 3.95. The number of fused-ring (bicyclic) bond motifs is 9. The van der Waals surface area contributed by atoms with Gasteiger partial charge < -0.3 is 28.8 Å². The number of likely N-dealkylation sites (N-methyl/N-ethyl adjacent to an activating group) is 1. The van der Waals surface area contributed by atoms with Crippen molar-refractivity contribution in [2.75, 3.05) is 33.3 Å². The molecular formula is C32H35N3O8S. The molecule has 11 nitrogen and oxygen atoms in total. The average molecular weight is 622 g/mol. The van der Waals surface area contributed by atoms with E-state index in [1.165, 1.54) is 6.92 Å². The number of nitriles is 1. The van der Waals surface area contributed by atoms with Crippen LogP contribution < -0.4 is 18.9 Å². The van der Waals surface area contributed by atoms with Crippen molar-refractivity contribution in [3.8, 4) is 34.8 Å². The largest absolute Gasteiger partial charge is 0.504 e. The zero-order chi connectivity index (χ0) is 31.2. The van der Waals surface area contributed by atoms with Gasteiger partial charge in [-0.25, -0.2) is 0 Å². The summed E-state index contributed by atoms with van der Waals surface area (Å²) >= 11 is 1.57. The van der Waals surface area contributed by atoms with Gasteiger partial charge in [0.25, 0.3) is 0 Å². The topological polar surface area (TPSA) is 131 Å². The molecule has 5 heterocycles. The van der Waals surface area contributed by atoms with Gasteiger partial charge in [0.15, 0.2) is 23.0 Å². The predicted molar refractivity (Wildman–Crippen MR) is 159 cm³/mol. The van der Waals surface area contributed by atoms with Crippen LogP contribution in [-0.4, -0.2) is 78.3 Å². The Hall–Kier alpha value is -3.66. The summed E-state index contributed by atoms with van der Waals surface area (Å²) < 4.78 is 29.6. The number of nitrogens with zero attached hydrogens (tertiary/aromatic N) is 3. The summed E-state index contributed by atoms with van der Waals surface area (Å²) in [4.78, 5) is 30.0. The fraction of sp³-hybridized carbons (Fsp3) is 0.531. The summed E-state index contributed by atoms with van der Waals surface area (Å²) in [6, 6.07) is 2.50. The number of phenolic OH excluding ortho intramolecular Hbond substituents is 1. The minimum atomic E-state index is -0.606. The van der Waals surface area contributed by atoms with Crippen LogP contribution in [0.2, 0.25) is 0 Å². The molecule has 0 radical (unpaired) electrons. The fourth-order valence-corrected chi connectivity index (χ4v) is 9.58. The Morgan fingerprint density at radius 2 is 1.91 bits per heavy atom. The summed E-state index contributed by atoms with van der Waals surface area (Å²) in [7, 11) is 3.55. The van der Waals surface area contributed by atoms with Gasteiger partial charge in [-0.2, -0.15) is 17.0 Å². The number of hydrogen-bond acceptors (Lipinski definition) is 12. The number of phenols is 1. The van der Waals surface area contributed by atoms with Crippen molar-refractivity contribution in [2.45, 2.75) is 69.6 Å². The second-order valence-corrected chi connectivity index (χ2v) is 13.5. The lowest BCUT2D eigenvalue weighted by Gasteiger charge is -2.61. The molecule has 0 saturated carbocycles. The molecule has 0 spiro atoms. The van der Waals surface area contributed by atoms with Crippen LogP contribution in [0.1, 0.15) is 64.6 Å². The third-order valence-corrected chi connectivity index (χ3v) is 11.4. The van der Waals surface area contributed by atoms with Crippen LogP contribution in [0.15, 0.2) is 6.07 Å². The molecule has 5 aliphatic rings. The number of rotatable bonds is 2. The van der Waals surface area contributed by atoms with E-state index in [9.17, 15) is 20.0 Å². The maximum atomic E-state index is 13.1. The number of thioether (sulfide) groups is 1. The molecule has 2 fully saturated rings. The fourth-order valence-electron chi connectivity index (χ4n) is 8.06. The maximum Gasteiger partial charge on any atom is 0.309 e. The van der Waals surface area contributed by atoms with Crippen LogP contribution in [0.25, 0.3) is 0 Å². The molecule has 44 heavy (non-hydrogen) atoms. The first-order chi connectivity index (χ1) is 21.1. The van der Waals surface area contributed by atoms with Gasteiger partial charge in [-0.3, -0.25) is 19.4 Å².